The smallest absolute Gasteiger partial charge is 0.161 e. The molecule has 0 atom stereocenters. The van der Waals surface area contributed by atoms with Gasteiger partial charge in [-0.15, -0.1) is 0 Å². The van der Waals surface area contributed by atoms with Crippen molar-refractivity contribution in [1.29, 1.82) is 0 Å². The van der Waals surface area contributed by atoms with E-state index in [-0.39, 0.29) is 0 Å². The van der Waals surface area contributed by atoms with Gasteiger partial charge in [0, 0.05) is 5.56 Å². The van der Waals surface area contributed by atoms with Crippen LogP contribution in [-0.2, 0) is 6.61 Å². The Morgan fingerprint density at radius 2 is 1.62 bits per heavy atom. The lowest BCUT2D eigenvalue weighted by atomic mass is 9.95. The lowest BCUT2D eigenvalue weighted by Crippen LogP contribution is -1.99. The molecule has 3 rings (SSSR count). The zero-order valence-corrected chi connectivity index (χ0v) is 15.3. The van der Waals surface area contributed by atoms with Gasteiger partial charge in [0.1, 0.15) is 12.9 Å². The number of carbonyl (C=O) groups excluding carboxylic acids is 1. The van der Waals surface area contributed by atoms with Crippen molar-refractivity contribution < 1.29 is 14.3 Å². The molecule has 132 valence electrons. The molecule has 0 bridgehead atoms. The molecule has 3 heteroatoms. The second kappa shape index (κ2) is 7.87. The van der Waals surface area contributed by atoms with Crippen LogP contribution in [0, 0.1) is 13.8 Å². The van der Waals surface area contributed by atoms with Crippen molar-refractivity contribution in [1.82, 2.24) is 0 Å². The minimum atomic E-state index is 0.426. The fourth-order valence-corrected chi connectivity index (χ4v) is 3.12. The van der Waals surface area contributed by atoms with E-state index in [1.165, 1.54) is 22.3 Å². The molecule has 0 aromatic heterocycles. The van der Waals surface area contributed by atoms with Crippen LogP contribution in [0.2, 0.25) is 0 Å². The first-order chi connectivity index (χ1) is 12.6. The maximum absolute atomic E-state index is 10.9. The summed E-state index contributed by atoms with van der Waals surface area (Å²) in [4.78, 5) is 10.9. The van der Waals surface area contributed by atoms with Gasteiger partial charge in [-0.05, 0) is 65.9 Å². The predicted molar refractivity (Wildman–Crippen MR) is 104 cm³/mol. The minimum Gasteiger partial charge on any atom is -0.493 e. The first-order valence-corrected chi connectivity index (χ1v) is 8.54. The summed E-state index contributed by atoms with van der Waals surface area (Å²) in [5.74, 6) is 1.18. The van der Waals surface area contributed by atoms with E-state index in [1.54, 1.807) is 25.3 Å². The van der Waals surface area contributed by atoms with Crippen LogP contribution in [0.4, 0.5) is 0 Å². The minimum absolute atomic E-state index is 0.426. The third-order valence-electron chi connectivity index (χ3n) is 4.41. The number of benzene rings is 3. The molecule has 0 spiro atoms. The zero-order chi connectivity index (χ0) is 18.5. The fourth-order valence-electron chi connectivity index (χ4n) is 3.12. The summed E-state index contributed by atoms with van der Waals surface area (Å²) >= 11 is 0. The molecule has 0 unspecified atom stereocenters. The maximum Gasteiger partial charge on any atom is 0.161 e. The monoisotopic (exact) mass is 346 g/mol. The molecule has 0 radical (unpaired) electrons. The highest BCUT2D eigenvalue weighted by molar-refractivity contribution is 5.76. The molecule has 0 aliphatic heterocycles. The van der Waals surface area contributed by atoms with Crippen LogP contribution >= 0.6 is 0 Å². The van der Waals surface area contributed by atoms with Crippen LogP contribution in [0.15, 0.2) is 60.7 Å². The highest BCUT2D eigenvalue weighted by Gasteiger charge is 2.08. The molecule has 3 aromatic rings. The van der Waals surface area contributed by atoms with Crippen LogP contribution < -0.4 is 9.47 Å². The molecule has 0 amide bonds. The van der Waals surface area contributed by atoms with Gasteiger partial charge in [0.05, 0.1) is 7.11 Å². The standard InChI is InChI=1S/C23H22O3/c1-16-6-4-7-17(2)23(16)20-9-5-8-19(12-20)15-26-21-11-10-18(14-24)13-22(21)25-3/h4-14H,15H2,1-3H3. The van der Waals surface area contributed by atoms with E-state index in [1.807, 2.05) is 12.1 Å². The van der Waals surface area contributed by atoms with Gasteiger partial charge in [-0.2, -0.15) is 0 Å². The first-order valence-electron chi connectivity index (χ1n) is 8.54. The number of methoxy groups -OCH3 is 1. The van der Waals surface area contributed by atoms with E-state index in [9.17, 15) is 4.79 Å². The number of aldehydes is 1. The Morgan fingerprint density at radius 3 is 2.31 bits per heavy atom. The SMILES string of the molecule is COc1cc(C=O)ccc1OCc1cccc(-c2c(C)cccc2C)c1. The molecule has 3 aromatic carbocycles. The Hall–Kier alpha value is -3.07. The average molecular weight is 346 g/mol. The molecule has 3 nitrogen and oxygen atoms in total. The molecule has 0 saturated heterocycles. The second-order valence-corrected chi connectivity index (χ2v) is 6.28. The van der Waals surface area contributed by atoms with E-state index >= 15 is 0 Å². The number of hydrogen-bond acceptors (Lipinski definition) is 3. The van der Waals surface area contributed by atoms with Gasteiger partial charge in [-0.1, -0.05) is 36.4 Å². The van der Waals surface area contributed by atoms with Crippen molar-refractivity contribution in [2.45, 2.75) is 20.5 Å². The maximum atomic E-state index is 10.9. The van der Waals surface area contributed by atoms with Crippen LogP contribution in [0.3, 0.4) is 0 Å². The molecule has 26 heavy (non-hydrogen) atoms. The van der Waals surface area contributed by atoms with Crippen molar-refractivity contribution >= 4 is 6.29 Å². The summed E-state index contributed by atoms with van der Waals surface area (Å²) in [7, 11) is 1.57. The molecular weight excluding hydrogens is 324 g/mol. The van der Waals surface area contributed by atoms with Gasteiger partial charge < -0.3 is 9.47 Å². The van der Waals surface area contributed by atoms with E-state index in [0.717, 1.165) is 11.8 Å². The fraction of sp³-hybridized carbons (Fsp3) is 0.174. The van der Waals surface area contributed by atoms with Crippen LogP contribution in [-0.4, -0.2) is 13.4 Å². The Bertz CT molecular complexity index is 908. The van der Waals surface area contributed by atoms with E-state index < -0.39 is 0 Å². The number of carbonyl (C=O) groups is 1. The van der Waals surface area contributed by atoms with E-state index in [4.69, 9.17) is 9.47 Å². The number of aryl methyl sites for hydroxylation is 2. The molecule has 0 heterocycles. The van der Waals surface area contributed by atoms with Gasteiger partial charge in [0.15, 0.2) is 11.5 Å². The highest BCUT2D eigenvalue weighted by atomic mass is 16.5. The van der Waals surface area contributed by atoms with Crippen molar-refractivity contribution in [3.63, 3.8) is 0 Å². The highest BCUT2D eigenvalue weighted by Crippen LogP contribution is 2.30. The summed E-state index contributed by atoms with van der Waals surface area (Å²) in [5.41, 5.74) is 6.61. The van der Waals surface area contributed by atoms with Gasteiger partial charge in [0.2, 0.25) is 0 Å². The Kier molecular flexibility index (Phi) is 5.37. The van der Waals surface area contributed by atoms with Crippen LogP contribution in [0.25, 0.3) is 11.1 Å². The average Bonchev–Trinajstić information content (AvgIpc) is 2.66. The van der Waals surface area contributed by atoms with Crippen molar-refractivity contribution in [2.75, 3.05) is 7.11 Å². The third kappa shape index (κ3) is 3.77. The van der Waals surface area contributed by atoms with Crippen molar-refractivity contribution in [3.8, 4) is 22.6 Å². The molecule has 0 aliphatic rings. The molecule has 0 saturated carbocycles. The predicted octanol–water partition coefficient (Wildman–Crippen LogP) is 5.37. The lowest BCUT2D eigenvalue weighted by molar-refractivity contribution is 0.112. The van der Waals surface area contributed by atoms with Crippen LogP contribution in [0.1, 0.15) is 27.0 Å². The number of rotatable bonds is 6. The Morgan fingerprint density at radius 1 is 0.885 bits per heavy atom. The van der Waals surface area contributed by atoms with Crippen molar-refractivity contribution in [2.24, 2.45) is 0 Å². The topological polar surface area (TPSA) is 35.5 Å². The summed E-state index contributed by atoms with van der Waals surface area (Å²) < 4.78 is 11.2. The first kappa shape index (κ1) is 17.7. The quantitative estimate of drug-likeness (QED) is 0.563. The summed E-state index contributed by atoms with van der Waals surface area (Å²) in [6.45, 7) is 4.69. The van der Waals surface area contributed by atoms with Gasteiger partial charge in [-0.25, -0.2) is 0 Å². The van der Waals surface area contributed by atoms with E-state index in [2.05, 4.69) is 44.2 Å². The van der Waals surface area contributed by atoms with Crippen LogP contribution in [0.5, 0.6) is 11.5 Å². The second-order valence-electron chi connectivity index (χ2n) is 6.28. The van der Waals surface area contributed by atoms with Crippen molar-refractivity contribution in [3.05, 3.63) is 82.9 Å². The summed E-state index contributed by atoms with van der Waals surface area (Å²) in [5, 5.41) is 0. The molecular formula is C23H22O3. The molecule has 0 fully saturated rings. The number of ether oxygens (including phenoxy) is 2. The number of hydrogen-bond donors (Lipinski definition) is 0. The van der Waals surface area contributed by atoms with Gasteiger partial charge in [-0.3, -0.25) is 4.79 Å². The third-order valence-corrected chi connectivity index (χ3v) is 4.41. The molecule has 0 aliphatic carbocycles. The lowest BCUT2D eigenvalue weighted by Gasteiger charge is -2.13. The van der Waals surface area contributed by atoms with E-state index in [0.29, 0.717) is 23.7 Å². The summed E-state index contributed by atoms with van der Waals surface area (Å²) in [6, 6.07) is 19.9. The largest absolute Gasteiger partial charge is 0.493 e. The Balaban J connectivity index is 1.83. The van der Waals surface area contributed by atoms with Gasteiger partial charge >= 0.3 is 0 Å². The molecule has 0 N–H and O–H groups in total. The summed E-state index contributed by atoms with van der Waals surface area (Å²) in [6.07, 6.45) is 0.792. The Labute approximate surface area is 154 Å². The normalized spacial score (nSPS) is 10.4. The van der Waals surface area contributed by atoms with Gasteiger partial charge in [0.25, 0.3) is 0 Å². The zero-order valence-electron chi connectivity index (χ0n) is 15.3.